The van der Waals surface area contributed by atoms with Gasteiger partial charge in [0.15, 0.2) is 0 Å². The van der Waals surface area contributed by atoms with Crippen molar-refractivity contribution in [2.24, 2.45) is 0 Å². The zero-order valence-corrected chi connectivity index (χ0v) is 12.6. The first-order valence-electron chi connectivity index (χ1n) is 7.35. The molecule has 0 saturated carbocycles. The third kappa shape index (κ3) is 4.07. The van der Waals surface area contributed by atoms with Crippen molar-refractivity contribution in [1.29, 1.82) is 0 Å². The molecule has 0 bridgehead atoms. The molecule has 1 aliphatic rings. The second-order valence-electron chi connectivity index (χ2n) is 5.23. The van der Waals surface area contributed by atoms with Crippen molar-refractivity contribution < 1.29 is 19.1 Å². The smallest absolute Gasteiger partial charge is 0.338 e. The maximum atomic E-state index is 12.2. The first kappa shape index (κ1) is 16.0. The second kappa shape index (κ2) is 7.59. The molecule has 1 saturated heterocycles. The topological polar surface area (TPSA) is 84.5 Å². The van der Waals surface area contributed by atoms with E-state index in [4.69, 9.17) is 4.74 Å². The predicted octanol–water partition coefficient (Wildman–Crippen LogP) is 1.15. The summed E-state index contributed by atoms with van der Waals surface area (Å²) in [6.45, 7) is 0.219. The third-order valence-electron chi connectivity index (χ3n) is 3.67. The summed E-state index contributed by atoms with van der Waals surface area (Å²) in [5.41, 5.74) is 1.11. The van der Waals surface area contributed by atoms with Crippen molar-refractivity contribution >= 4 is 17.8 Å². The summed E-state index contributed by atoms with van der Waals surface area (Å²) in [5.74, 6) is -0.754. The van der Waals surface area contributed by atoms with Crippen LogP contribution in [0.5, 0.6) is 0 Å². The predicted molar refractivity (Wildman–Crippen MR) is 80.0 cm³/mol. The third-order valence-corrected chi connectivity index (χ3v) is 3.67. The molecule has 22 heavy (non-hydrogen) atoms. The van der Waals surface area contributed by atoms with Crippen LogP contribution in [-0.4, -0.2) is 30.9 Å². The minimum atomic E-state index is -0.500. The number of hydrogen-bond acceptors (Lipinski definition) is 4. The molecule has 1 fully saturated rings. The molecule has 0 aromatic heterocycles. The number of benzene rings is 1. The lowest BCUT2D eigenvalue weighted by atomic mass is 10.1. The van der Waals surface area contributed by atoms with E-state index in [0.717, 1.165) is 12.8 Å². The quantitative estimate of drug-likeness (QED) is 0.817. The molecule has 2 amide bonds. The van der Waals surface area contributed by atoms with Crippen molar-refractivity contribution in [2.45, 2.75) is 38.3 Å². The number of ether oxygens (including phenoxy) is 1. The lowest BCUT2D eigenvalue weighted by Gasteiger charge is -2.16. The van der Waals surface area contributed by atoms with Crippen molar-refractivity contribution in [3.8, 4) is 0 Å². The summed E-state index contributed by atoms with van der Waals surface area (Å²) < 4.78 is 4.72. The first-order chi connectivity index (χ1) is 10.6. The van der Waals surface area contributed by atoms with Gasteiger partial charge in [0.1, 0.15) is 6.04 Å². The maximum Gasteiger partial charge on any atom is 0.338 e. The van der Waals surface area contributed by atoms with E-state index < -0.39 is 12.0 Å². The van der Waals surface area contributed by atoms with Crippen LogP contribution in [-0.2, 0) is 20.9 Å². The van der Waals surface area contributed by atoms with E-state index in [9.17, 15) is 14.4 Å². The number of esters is 1. The number of rotatable bonds is 4. The first-order valence-corrected chi connectivity index (χ1v) is 7.35. The van der Waals surface area contributed by atoms with Gasteiger partial charge in [0.25, 0.3) is 0 Å². The summed E-state index contributed by atoms with van der Waals surface area (Å²) in [7, 11) is 1.32. The van der Waals surface area contributed by atoms with Gasteiger partial charge in [-0.05, 0) is 24.5 Å². The van der Waals surface area contributed by atoms with Crippen LogP contribution in [0.3, 0.4) is 0 Å². The molecule has 1 aromatic rings. The highest BCUT2D eigenvalue weighted by molar-refractivity contribution is 5.91. The zero-order chi connectivity index (χ0) is 15.9. The van der Waals surface area contributed by atoms with Gasteiger partial charge in [0, 0.05) is 13.0 Å². The van der Waals surface area contributed by atoms with E-state index in [1.165, 1.54) is 7.11 Å². The highest BCUT2D eigenvalue weighted by Crippen LogP contribution is 2.12. The summed E-state index contributed by atoms with van der Waals surface area (Å²) in [6.07, 6.45) is 2.75. The van der Waals surface area contributed by atoms with Gasteiger partial charge in [-0.15, -0.1) is 0 Å². The number of amides is 2. The van der Waals surface area contributed by atoms with Gasteiger partial charge >= 0.3 is 5.97 Å². The standard InChI is InChI=1S/C16H20N2O4/c1-22-16(21)12-7-3-2-6-11(12)10-17-15(20)13-8-4-5-9-14(19)18-13/h2-3,6-7,13H,4-5,8-10H2,1H3,(H,17,20)(H,18,19)/t13-/m1/s1. The van der Waals surface area contributed by atoms with E-state index >= 15 is 0 Å². The van der Waals surface area contributed by atoms with Crippen LogP contribution in [0.15, 0.2) is 24.3 Å². The van der Waals surface area contributed by atoms with Crippen LogP contribution < -0.4 is 10.6 Å². The maximum absolute atomic E-state index is 12.2. The van der Waals surface area contributed by atoms with Gasteiger partial charge in [0.05, 0.1) is 12.7 Å². The SMILES string of the molecule is COC(=O)c1ccccc1CNC(=O)[C@H]1CCCCC(=O)N1. The molecule has 1 atom stereocenters. The Morgan fingerprint density at radius 3 is 2.86 bits per heavy atom. The number of hydrogen-bond donors (Lipinski definition) is 2. The van der Waals surface area contributed by atoms with E-state index in [0.29, 0.717) is 24.0 Å². The Labute approximate surface area is 129 Å². The number of carbonyl (C=O) groups excluding carboxylic acids is 3. The molecule has 2 N–H and O–H groups in total. The lowest BCUT2D eigenvalue weighted by molar-refractivity contribution is -0.128. The Hall–Kier alpha value is -2.37. The van der Waals surface area contributed by atoms with Gasteiger partial charge in [-0.1, -0.05) is 24.6 Å². The fourth-order valence-electron chi connectivity index (χ4n) is 2.46. The van der Waals surface area contributed by atoms with Crippen molar-refractivity contribution in [3.05, 3.63) is 35.4 Å². The minimum absolute atomic E-state index is 0.0902. The Bertz CT molecular complexity index is 571. The van der Waals surface area contributed by atoms with E-state index in [2.05, 4.69) is 10.6 Å². The van der Waals surface area contributed by atoms with Crippen molar-refractivity contribution in [2.75, 3.05) is 7.11 Å². The fourth-order valence-corrected chi connectivity index (χ4v) is 2.46. The Morgan fingerprint density at radius 2 is 2.09 bits per heavy atom. The number of carbonyl (C=O) groups is 3. The lowest BCUT2D eigenvalue weighted by Crippen LogP contribution is -2.45. The average molecular weight is 304 g/mol. The van der Waals surface area contributed by atoms with Crippen LogP contribution >= 0.6 is 0 Å². The number of methoxy groups -OCH3 is 1. The molecule has 2 rings (SSSR count). The highest BCUT2D eigenvalue weighted by Gasteiger charge is 2.23. The Kier molecular flexibility index (Phi) is 5.52. The van der Waals surface area contributed by atoms with Crippen molar-refractivity contribution in [3.63, 3.8) is 0 Å². The molecule has 1 aliphatic heterocycles. The molecule has 1 aromatic carbocycles. The molecule has 6 heteroatoms. The Morgan fingerprint density at radius 1 is 1.32 bits per heavy atom. The van der Waals surface area contributed by atoms with Crippen LogP contribution in [0.1, 0.15) is 41.6 Å². The minimum Gasteiger partial charge on any atom is -0.465 e. The molecule has 0 aliphatic carbocycles. The molecule has 0 spiro atoms. The Balaban J connectivity index is 1.99. The highest BCUT2D eigenvalue weighted by atomic mass is 16.5. The molecular formula is C16H20N2O4. The van der Waals surface area contributed by atoms with Crippen molar-refractivity contribution in [1.82, 2.24) is 10.6 Å². The van der Waals surface area contributed by atoms with Gasteiger partial charge in [-0.3, -0.25) is 9.59 Å². The molecular weight excluding hydrogens is 284 g/mol. The van der Waals surface area contributed by atoms with E-state index in [1.807, 2.05) is 0 Å². The van der Waals surface area contributed by atoms with Crippen LogP contribution in [0.2, 0.25) is 0 Å². The largest absolute Gasteiger partial charge is 0.465 e. The van der Waals surface area contributed by atoms with Gasteiger partial charge in [0.2, 0.25) is 11.8 Å². The van der Waals surface area contributed by atoms with E-state index in [1.54, 1.807) is 24.3 Å². The molecule has 6 nitrogen and oxygen atoms in total. The molecule has 1 heterocycles. The summed E-state index contributed by atoms with van der Waals surface area (Å²) >= 11 is 0. The van der Waals surface area contributed by atoms with Crippen LogP contribution in [0.4, 0.5) is 0 Å². The molecule has 118 valence electrons. The van der Waals surface area contributed by atoms with Gasteiger partial charge in [-0.2, -0.15) is 0 Å². The average Bonchev–Trinajstić information content (AvgIpc) is 2.76. The normalized spacial score (nSPS) is 18.0. The van der Waals surface area contributed by atoms with Gasteiger partial charge < -0.3 is 15.4 Å². The second-order valence-corrected chi connectivity index (χ2v) is 5.23. The fraction of sp³-hybridized carbons (Fsp3) is 0.438. The van der Waals surface area contributed by atoms with Crippen LogP contribution in [0.25, 0.3) is 0 Å². The monoisotopic (exact) mass is 304 g/mol. The number of nitrogens with one attached hydrogen (secondary N) is 2. The van der Waals surface area contributed by atoms with Crippen LogP contribution in [0, 0.1) is 0 Å². The summed E-state index contributed by atoms with van der Waals surface area (Å²) in [4.78, 5) is 35.4. The summed E-state index contributed by atoms with van der Waals surface area (Å²) in [6, 6.07) is 6.45. The van der Waals surface area contributed by atoms with E-state index in [-0.39, 0.29) is 18.4 Å². The molecule has 0 unspecified atom stereocenters. The summed E-state index contributed by atoms with van der Waals surface area (Å²) in [5, 5.41) is 5.50. The van der Waals surface area contributed by atoms with Gasteiger partial charge in [-0.25, -0.2) is 4.79 Å². The zero-order valence-electron chi connectivity index (χ0n) is 12.6. The molecule has 0 radical (unpaired) electrons.